The van der Waals surface area contributed by atoms with Gasteiger partial charge in [-0.15, -0.1) is 0 Å². The number of nitrogens with zero attached hydrogens (tertiary/aromatic N) is 1. The van der Waals surface area contributed by atoms with Gasteiger partial charge in [-0.25, -0.2) is 0 Å². The molecule has 17 heavy (non-hydrogen) atoms. The van der Waals surface area contributed by atoms with Crippen LogP contribution in [0.3, 0.4) is 0 Å². The van der Waals surface area contributed by atoms with Gasteiger partial charge >= 0.3 is 0 Å². The summed E-state index contributed by atoms with van der Waals surface area (Å²) in [6, 6.07) is 6.85. The number of fused-ring (bicyclic) bond motifs is 1. The van der Waals surface area contributed by atoms with Crippen LogP contribution in [0.25, 0.3) is 0 Å². The molecule has 0 bridgehead atoms. The molecule has 0 spiro atoms. The van der Waals surface area contributed by atoms with Crippen LogP contribution >= 0.6 is 0 Å². The molecule has 1 unspecified atom stereocenters. The quantitative estimate of drug-likeness (QED) is 0.861. The molecule has 1 aromatic carbocycles. The number of ether oxygens (including phenoxy) is 1. The summed E-state index contributed by atoms with van der Waals surface area (Å²) in [5.41, 5.74) is 4.21. The average Bonchev–Trinajstić information content (AvgIpc) is 2.96. The Morgan fingerprint density at radius 2 is 2.41 bits per heavy atom. The van der Waals surface area contributed by atoms with Gasteiger partial charge in [0, 0.05) is 39.0 Å². The van der Waals surface area contributed by atoms with E-state index >= 15 is 0 Å². The molecule has 1 N–H and O–H groups in total. The molecule has 0 aromatic heterocycles. The standard InChI is InChI=1S/C14H20N2O/c1-17-13-5-7-16(10-13)9-11-2-3-12-4-6-15-14(12)8-11/h2-3,8,13,15H,4-7,9-10H2,1H3. The number of hydrogen-bond donors (Lipinski definition) is 1. The molecule has 92 valence electrons. The number of anilines is 1. The monoisotopic (exact) mass is 232 g/mol. The van der Waals surface area contributed by atoms with Crippen LogP contribution in [0.1, 0.15) is 17.5 Å². The van der Waals surface area contributed by atoms with E-state index in [0.29, 0.717) is 6.10 Å². The molecule has 2 heterocycles. The van der Waals surface area contributed by atoms with E-state index in [4.69, 9.17) is 4.74 Å². The molecule has 0 aliphatic carbocycles. The summed E-state index contributed by atoms with van der Waals surface area (Å²) < 4.78 is 5.40. The third kappa shape index (κ3) is 2.31. The van der Waals surface area contributed by atoms with Gasteiger partial charge in [0.15, 0.2) is 0 Å². The van der Waals surface area contributed by atoms with Gasteiger partial charge < -0.3 is 10.1 Å². The molecule has 1 saturated heterocycles. The molecular formula is C14H20N2O. The van der Waals surface area contributed by atoms with Crippen molar-refractivity contribution in [3.8, 4) is 0 Å². The zero-order chi connectivity index (χ0) is 11.7. The van der Waals surface area contributed by atoms with Crippen molar-refractivity contribution in [2.75, 3.05) is 32.1 Å². The van der Waals surface area contributed by atoms with Crippen molar-refractivity contribution in [1.82, 2.24) is 4.90 Å². The van der Waals surface area contributed by atoms with Gasteiger partial charge in [0.1, 0.15) is 0 Å². The Hall–Kier alpha value is -1.06. The van der Waals surface area contributed by atoms with Gasteiger partial charge in [-0.05, 0) is 30.0 Å². The van der Waals surface area contributed by atoms with Crippen molar-refractivity contribution in [1.29, 1.82) is 0 Å². The summed E-state index contributed by atoms with van der Waals surface area (Å²) in [5, 5.41) is 3.44. The van der Waals surface area contributed by atoms with E-state index < -0.39 is 0 Å². The first-order valence-electron chi connectivity index (χ1n) is 6.46. The fraction of sp³-hybridized carbons (Fsp3) is 0.571. The van der Waals surface area contributed by atoms with Crippen LogP contribution in [-0.4, -0.2) is 37.7 Å². The van der Waals surface area contributed by atoms with Crippen LogP contribution in [0, 0.1) is 0 Å². The van der Waals surface area contributed by atoms with Gasteiger partial charge in [0.2, 0.25) is 0 Å². The summed E-state index contributed by atoms with van der Waals surface area (Å²) in [5.74, 6) is 0. The van der Waals surface area contributed by atoms with Crippen molar-refractivity contribution in [2.24, 2.45) is 0 Å². The van der Waals surface area contributed by atoms with Crippen LogP contribution in [0.5, 0.6) is 0 Å². The predicted octanol–water partition coefficient (Wildman–Crippen LogP) is 1.88. The topological polar surface area (TPSA) is 24.5 Å². The highest BCUT2D eigenvalue weighted by Crippen LogP contribution is 2.24. The van der Waals surface area contributed by atoms with Crippen LogP contribution in [-0.2, 0) is 17.7 Å². The Morgan fingerprint density at radius 3 is 3.24 bits per heavy atom. The lowest BCUT2D eigenvalue weighted by Crippen LogP contribution is -2.22. The third-order valence-corrected chi connectivity index (χ3v) is 3.85. The smallest absolute Gasteiger partial charge is 0.0710 e. The number of benzene rings is 1. The molecule has 1 aromatic rings. The normalized spacial score (nSPS) is 23.7. The summed E-state index contributed by atoms with van der Waals surface area (Å²) in [6.45, 7) is 4.37. The largest absolute Gasteiger partial charge is 0.384 e. The van der Waals surface area contributed by atoms with Crippen molar-refractivity contribution in [3.63, 3.8) is 0 Å². The summed E-state index contributed by atoms with van der Waals surface area (Å²) in [4.78, 5) is 2.48. The maximum Gasteiger partial charge on any atom is 0.0710 e. The minimum Gasteiger partial charge on any atom is -0.384 e. The molecule has 3 heteroatoms. The van der Waals surface area contributed by atoms with E-state index in [1.54, 1.807) is 0 Å². The van der Waals surface area contributed by atoms with Crippen LogP contribution in [0.15, 0.2) is 18.2 Å². The first-order valence-corrected chi connectivity index (χ1v) is 6.46. The zero-order valence-corrected chi connectivity index (χ0v) is 10.4. The highest BCUT2D eigenvalue weighted by molar-refractivity contribution is 5.57. The highest BCUT2D eigenvalue weighted by Gasteiger charge is 2.22. The van der Waals surface area contributed by atoms with E-state index in [1.807, 2.05) is 7.11 Å². The summed E-state index contributed by atoms with van der Waals surface area (Å²) >= 11 is 0. The molecular weight excluding hydrogens is 212 g/mol. The Balaban J connectivity index is 1.65. The minimum atomic E-state index is 0.433. The first kappa shape index (κ1) is 11.1. The molecule has 2 aliphatic rings. The van der Waals surface area contributed by atoms with E-state index in [0.717, 1.165) is 26.2 Å². The fourth-order valence-electron chi connectivity index (χ4n) is 2.83. The maximum absolute atomic E-state index is 5.40. The summed E-state index contributed by atoms with van der Waals surface area (Å²) in [7, 11) is 1.81. The zero-order valence-electron chi connectivity index (χ0n) is 10.4. The number of nitrogens with one attached hydrogen (secondary N) is 1. The second kappa shape index (κ2) is 4.67. The van der Waals surface area contributed by atoms with Crippen molar-refractivity contribution in [3.05, 3.63) is 29.3 Å². The second-order valence-corrected chi connectivity index (χ2v) is 5.05. The van der Waals surface area contributed by atoms with E-state index in [9.17, 15) is 0 Å². The van der Waals surface area contributed by atoms with Crippen LogP contribution in [0.4, 0.5) is 5.69 Å². The molecule has 0 saturated carbocycles. The number of methoxy groups -OCH3 is 1. The maximum atomic E-state index is 5.40. The average molecular weight is 232 g/mol. The molecule has 0 radical (unpaired) electrons. The lowest BCUT2D eigenvalue weighted by Gasteiger charge is -2.16. The van der Waals surface area contributed by atoms with Crippen LogP contribution in [0.2, 0.25) is 0 Å². The molecule has 2 aliphatic heterocycles. The Morgan fingerprint density at radius 1 is 1.47 bits per heavy atom. The molecule has 3 nitrogen and oxygen atoms in total. The Bertz CT molecular complexity index is 405. The van der Waals surface area contributed by atoms with Gasteiger partial charge in [-0.3, -0.25) is 4.90 Å². The lowest BCUT2D eigenvalue weighted by molar-refractivity contribution is 0.107. The molecule has 1 fully saturated rings. The predicted molar refractivity (Wildman–Crippen MR) is 69.3 cm³/mol. The highest BCUT2D eigenvalue weighted by atomic mass is 16.5. The summed E-state index contributed by atoms with van der Waals surface area (Å²) in [6.07, 6.45) is 2.77. The minimum absolute atomic E-state index is 0.433. The van der Waals surface area contributed by atoms with Crippen molar-refractivity contribution >= 4 is 5.69 Å². The number of likely N-dealkylation sites (tertiary alicyclic amines) is 1. The number of rotatable bonds is 3. The van der Waals surface area contributed by atoms with Gasteiger partial charge in [0.05, 0.1) is 6.10 Å². The van der Waals surface area contributed by atoms with Gasteiger partial charge in [-0.2, -0.15) is 0 Å². The molecule has 1 atom stereocenters. The first-order chi connectivity index (χ1) is 8.35. The van der Waals surface area contributed by atoms with Crippen molar-refractivity contribution in [2.45, 2.75) is 25.5 Å². The van der Waals surface area contributed by atoms with Crippen molar-refractivity contribution < 1.29 is 4.74 Å². The van der Waals surface area contributed by atoms with E-state index in [2.05, 4.69) is 28.4 Å². The molecule has 0 amide bonds. The van der Waals surface area contributed by atoms with Gasteiger partial charge in [0.25, 0.3) is 0 Å². The van der Waals surface area contributed by atoms with Crippen LogP contribution < -0.4 is 5.32 Å². The third-order valence-electron chi connectivity index (χ3n) is 3.85. The fourth-order valence-corrected chi connectivity index (χ4v) is 2.83. The van der Waals surface area contributed by atoms with E-state index in [-0.39, 0.29) is 0 Å². The molecule has 3 rings (SSSR count). The Kier molecular flexibility index (Phi) is 3.04. The second-order valence-electron chi connectivity index (χ2n) is 5.05. The van der Waals surface area contributed by atoms with E-state index in [1.165, 1.54) is 29.7 Å². The Labute approximate surface area is 103 Å². The number of hydrogen-bond acceptors (Lipinski definition) is 3. The SMILES string of the molecule is COC1CCN(Cc2ccc3c(c2)NCC3)C1. The lowest BCUT2D eigenvalue weighted by atomic mass is 10.1. The van der Waals surface area contributed by atoms with Gasteiger partial charge in [-0.1, -0.05) is 12.1 Å².